The van der Waals surface area contributed by atoms with Crippen molar-refractivity contribution in [3.8, 4) is 0 Å². The summed E-state index contributed by atoms with van der Waals surface area (Å²) in [6.45, 7) is 5.82. The molecule has 0 radical (unpaired) electrons. The summed E-state index contributed by atoms with van der Waals surface area (Å²) in [5.74, 6) is 0. The minimum atomic E-state index is 0.314. The molecule has 1 aliphatic heterocycles. The summed E-state index contributed by atoms with van der Waals surface area (Å²) in [4.78, 5) is 0. The van der Waals surface area contributed by atoms with E-state index < -0.39 is 0 Å². The Labute approximate surface area is 97.8 Å². The fourth-order valence-corrected chi connectivity index (χ4v) is 2.39. The van der Waals surface area contributed by atoms with Crippen LogP contribution in [-0.4, -0.2) is 6.04 Å². The molecule has 2 N–H and O–H groups in total. The topological polar surface area (TPSA) is 35.2 Å². The Balaban J connectivity index is 2.08. The molecule has 0 spiro atoms. The summed E-state index contributed by atoms with van der Waals surface area (Å²) < 4.78 is 5.51. The molecule has 2 rings (SSSR count). The maximum absolute atomic E-state index is 5.77. The van der Waals surface area contributed by atoms with E-state index in [1.54, 1.807) is 0 Å². The Kier molecular flexibility index (Phi) is 3.62. The highest BCUT2D eigenvalue weighted by atomic mass is 16.5. The summed E-state index contributed by atoms with van der Waals surface area (Å²) in [5, 5.41) is 0. The van der Waals surface area contributed by atoms with Gasteiger partial charge in [0.05, 0.1) is 13.2 Å². The van der Waals surface area contributed by atoms with Gasteiger partial charge in [-0.25, -0.2) is 0 Å². The first-order valence-corrected chi connectivity index (χ1v) is 6.11. The standard InChI is InChI=1S/C14H21NO/c1-10-6-12(5-3-4-11(2)15)14-9-16-8-13(14)7-10/h6-7,11H,3-5,8-9,15H2,1-2H3/t11-/m0/s1. The summed E-state index contributed by atoms with van der Waals surface area (Å²) in [7, 11) is 0. The molecular formula is C14H21NO. The molecular weight excluding hydrogens is 198 g/mol. The van der Waals surface area contributed by atoms with Gasteiger partial charge in [0.2, 0.25) is 0 Å². The average Bonchev–Trinajstić information content (AvgIpc) is 2.64. The second-order valence-corrected chi connectivity index (χ2v) is 4.92. The van der Waals surface area contributed by atoms with Gasteiger partial charge in [-0.1, -0.05) is 17.7 Å². The van der Waals surface area contributed by atoms with Gasteiger partial charge in [0.25, 0.3) is 0 Å². The van der Waals surface area contributed by atoms with Gasteiger partial charge < -0.3 is 10.5 Å². The predicted octanol–water partition coefficient (Wildman–Crippen LogP) is 2.70. The number of benzene rings is 1. The smallest absolute Gasteiger partial charge is 0.0727 e. The summed E-state index contributed by atoms with van der Waals surface area (Å²) >= 11 is 0. The molecule has 0 saturated heterocycles. The highest BCUT2D eigenvalue weighted by Gasteiger charge is 2.15. The first-order valence-electron chi connectivity index (χ1n) is 6.11. The highest BCUT2D eigenvalue weighted by molar-refractivity contribution is 5.40. The third kappa shape index (κ3) is 2.63. The maximum atomic E-state index is 5.77. The second-order valence-electron chi connectivity index (χ2n) is 4.92. The van der Waals surface area contributed by atoms with E-state index in [1.807, 2.05) is 0 Å². The normalized spacial score (nSPS) is 16.2. The number of ether oxygens (including phenoxy) is 1. The molecule has 1 aliphatic rings. The van der Waals surface area contributed by atoms with Gasteiger partial charge in [0, 0.05) is 6.04 Å². The molecule has 88 valence electrons. The first-order chi connectivity index (χ1) is 7.66. The zero-order valence-corrected chi connectivity index (χ0v) is 10.3. The van der Waals surface area contributed by atoms with E-state index in [4.69, 9.17) is 10.5 Å². The summed E-state index contributed by atoms with van der Waals surface area (Å²) in [5.41, 5.74) is 11.4. The van der Waals surface area contributed by atoms with Crippen LogP contribution in [0.5, 0.6) is 0 Å². The van der Waals surface area contributed by atoms with E-state index in [0.717, 1.165) is 26.1 Å². The van der Waals surface area contributed by atoms with Crippen molar-refractivity contribution in [2.45, 2.75) is 52.4 Å². The second kappa shape index (κ2) is 4.98. The van der Waals surface area contributed by atoms with Gasteiger partial charge in [-0.2, -0.15) is 0 Å². The van der Waals surface area contributed by atoms with Gasteiger partial charge in [-0.3, -0.25) is 0 Å². The van der Waals surface area contributed by atoms with E-state index in [9.17, 15) is 0 Å². The minimum Gasteiger partial charge on any atom is -0.372 e. The fourth-order valence-electron chi connectivity index (χ4n) is 2.39. The van der Waals surface area contributed by atoms with E-state index in [-0.39, 0.29) is 0 Å². The predicted molar refractivity (Wildman–Crippen MR) is 66.3 cm³/mol. The van der Waals surface area contributed by atoms with Crippen molar-refractivity contribution < 1.29 is 4.74 Å². The molecule has 1 heterocycles. The molecule has 0 fully saturated rings. The lowest BCUT2D eigenvalue weighted by Crippen LogP contribution is -2.14. The third-order valence-corrected chi connectivity index (χ3v) is 3.19. The number of nitrogens with two attached hydrogens (primary N) is 1. The molecule has 0 saturated carbocycles. The molecule has 1 aromatic carbocycles. The number of hydrogen-bond acceptors (Lipinski definition) is 2. The van der Waals surface area contributed by atoms with Gasteiger partial charge in [-0.05, 0) is 49.8 Å². The Morgan fingerprint density at radius 3 is 2.94 bits per heavy atom. The third-order valence-electron chi connectivity index (χ3n) is 3.19. The van der Waals surface area contributed by atoms with Crippen LogP contribution in [0.15, 0.2) is 12.1 Å². The largest absolute Gasteiger partial charge is 0.372 e. The number of rotatable bonds is 4. The SMILES string of the molecule is Cc1cc(CCC[C@H](C)N)c2c(c1)COC2. The Morgan fingerprint density at radius 1 is 1.38 bits per heavy atom. The molecule has 0 amide bonds. The average molecular weight is 219 g/mol. The first kappa shape index (κ1) is 11.6. The van der Waals surface area contributed by atoms with E-state index in [0.29, 0.717) is 6.04 Å². The van der Waals surface area contributed by atoms with Gasteiger partial charge in [-0.15, -0.1) is 0 Å². The van der Waals surface area contributed by atoms with Crippen LogP contribution in [0.1, 0.15) is 42.0 Å². The monoisotopic (exact) mass is 219 g/mol. The maximum Gasteiger partial charge on any atom is 0.0727 e. The van der Waals surface area contributed by atoms with Crippen LogP contribution in [0.4, 0.5) is 0 Å². The van der Waals surface area contributed by atoms with E-state index >= 15 is 0 Å². The number of aryl methyl sites for hydroxylation is 2. The van der Waals surface area contributed by atoms with Crippen LogP contribution < -0.4 is 5.73 Å². The van der Waals surface area contributed by atoms with Crippen molar-refractivity contribution in [1.82, 2.24) is 0 Å². The highest BCUT2D eigenvalue weighted by Crippen LogP contribution is 2.26. The molecule has 0 aromatic heterocycles. The van der Waals surface area contributed by atoms with Crippen LogP contribution in [-0.2, 0) is 24.4 Å². The number of hydrogen-bond donors (Lipinski definition) is 1. The van der Waals surface area contributed by atoms with Crippen LogP contribution in [0.2, 0.25) is 0 Å². The molecule has 0 aliphatic carbocycles. The Morgan fingerprint density at radius 2 is 2.19 bits per heavy atom. The van der Waals surface area contributed by atoms with E-state index in [1.165, 1.54) is 28.7 Å². The Hall–Kier alpha value is -0.860. The van der Waals surface area contributed by atoms with Crippen molar-refractivity contribution in [1.29, 1.82) is 0 Å². The van der Waals surface area contributed by atoms with Gasteiger partial charge >= 0.3 is 0 Å². The van der Waals surface area contributed by atoms with Gasteiger partial charge in [0.1, 0.15) is 0 Å². The van der Waals surface area contributed by atoms with Gasteiger partial charge in [0.15, 0.2) is 0 Å². The minimum absolute atomic E-state index is 0.314. The molecule has 1 atom stereocenters. The van der Waals surface area contributed by atoms with Crippen molar-refractivity contribution in [2.75, 3.05) is 0 Å². The summed E-state index contributed by atoms with van der Waals surface area (Å²) in [6, 6.07) is 4.86. The van der Waals surface area contributed by atoms with Crippen molar-refractivity contribution in [3.63, 3.8) is 0 Å². The van der Waals surface area contributed by atoms with Crippen LogP contribution in [0, 0.1) is 6.92 Å². The van der Waals surface area contributed by atoms with Crippen molar-refractivity contribution in [3.05, 3.63) is 34.4 Å². The fraction of sp³-hybridized carbons (Fsp3) is 0.571. The van der Waals surface area contributed by atoms with Crippen LogP contribution in [0.25, 0.3) is 0 Å². The zero-order valence-electron chi connectivity index (χ0n) is 10.3. The molecule has 1 aromatic rings. The number of fused-ring (bicyclic) bond motifs is 1. The molecule has 2 heteroatoms. The summed E-state index contributed by atoms with van der Waals surface area (Å²) in [6.07, 6.45) is 3.41. The van der Waals surface area contributed by atoms with Crippen molar-refractivity contribution >= 4 is 0 Å². The lowest BCUT2D eigenvalue weighted by molar-refractivity contribution is 0.134. The molecule has 2 nitrogen and oxygen atoms in total. The molecule has 0 bridgehead atoms. The molecule has 0 unspecified atom stereocenters. The quantitative estimate of drug-likeness (QED) is 0.845. The van der Waals surface area contributed by atoms with Crippen LogP contribution >= 0.6 is 0 Å². The Bertz CT molecular complexity index is 371. The zero-order chi connectivity index (χ0) is 11.5. The lowest BCUT2D eigenvalue weighted by Gasteiger charge is -2.10. The van der Waals surface area contributed by atoms with Crippen molar-refractivity contribution in [2.24, 2.45) is 5.73 Å². The lowest BCUT2D eigenvalue weighted by atomic mass is 9.96. The molecule has 16 heavy (non-hydrogen) atoms. The van der Waals surface area contributed by atoms with E-state index in [2.05, 4.69) is 26.0 Å². The van der Waals surface area contributed by atoms with Crippen LogP contribution in [0.3, 0.4) is 0 Å².